The molecule has 2 heteroatoms. The zero-order valence-corrected chi connectivity index (χ0v) is 10.9. The van der Waals surface area contributed by atoms with E-state index < -0.39 is 0 Å². The first-order chi connectivity index (χ1) is 7.65. The van der Waals surface area contributed by atoms with Crippen LogP contribution in [0.1, 0.15) is 51.9 Å². The first kappa shape index (κ1) is 12.4. The molecule has 0 atom stereocenters. The van der Waals surface area contributed by atoms with Crippen LogP contribution in [0.5, 0.6) is 0 Å². The molecule has 0 radical (unpaired) electrons. The Labute approximate surface area is 100 Å². The summed E-state index contributed by atoms with van der Waals surface area (Å²) in [6.07, 6.45) is 9.20. The molecule has 0 aromatic rings. The van der Waals surface area contributed by atoms with Gasteiger partial charge in [0.1, 0.15) is 0 Å². The summed E-state index contributed by atoms with van der Waals surface area (Å²) < 4.78 is 0. The lowest BCUT2D eigenvalue weighted by molar-refractivity contribution is 0.0130. The Morgan fingerprint density at radius 1 is 1.19 bits per heavy atom. The Kier molecular flexibility index (Phi) is 3.91. The fourth-order valence-corrected chi connectivity index (χ4v) is 3.23. The van der Waals surface area contributed by atoms with Gasteiger partial charge in [0, 0.05) is 24.6 Å². The summed E-state index contributed by atoms with van der Waals surface area (Å²) in [7, 11) is 2.25. The highest BCUT2D eigenvalue weighted by molar-refractivity contribution is 4.89. The second-order valence-electron chi connectivity index (χ2n) is 6.34. The van der Waals surface area contributed by atoms with Gasteiger partial charge in [0.05, 0.1) is 0 Å². The van der Waals surface area contributed by atoms with Gasteiger partial charge in [0.15, 0.2) is 0 Å². The van der Waals surface area contributed by atoms with E-state index in [0.717, 1.165) is 18.5 Å². The van der Waals surface area contributed by atoms with E-state index in [1.807, 2.05) is 0 Å². The maximum atomic E-state index is 9.72. The van der Waals surface area contributed by atoms with Crippen molar-refractivity contribution in [2.24, 2.45) is 11.3 Å². The van der Waals surface area contributed by atoms with E-state index in [4.69, 9.17) is 0 Å². The van der Waals surface area contributed by atoms with Gasteiger partial charge in [-0.05, 0) is 38.6 Å². The standard InChI is InChI=1S/C14H27NO/c1-12-6-8-14(11-16,9-7-12)10-15(2)13-4-3-5-13/h12-13,16H,3-11H2,1-2H3. The van der Waals surface area contributed by atoms with Crippen LogP contribution in [0.2, 0.25) is 0 Å². The van der Waals surface area contributed by atoms with Crippen LogP contribution in [0.15, 0.2) is 0 Å². The van der Waals surface area contributed by atoms with Gasteiger partial charge in [-0.1, -0.05) is 26.2 Å². The minimum Gasteiger partial charge on any atom is -0.396 e. The molecule has 2 nitrogen and oxygen atoms in total. The van der Waals surface area contributed by atoms with Crippen LogP contribution in [0.4, 0.5) is 0 Å². The van der Waals surface area contributed by atoms with Gasteiger partial charge in [-0.2, -0.15) is 0 Å². The van der Waals surface area contributed by atoms with Gasteiger partial charge in [-0.15, -0.1) is 0 Å². The molecule has 0 saturated heterocycles. The Balaban J connectivity index is 1.88. The van der Waals surface area contributed by atoms with E-state index in [9.17, 15) is 5.11 Å². The SMILES string of the molecule is CC1CCC(CO)(CN(C)C2CCC2)CC1. The number of rotatable bonds is 4. The largest absolute Gasteiger partial charge is 0.396 e. The first-order valence-electron chi connectivity index (χ1n) is 6.96. The van der Waals surface area contributed by atoms with E-state index in [2.05, 4.69) is 18.9 Å². The molecule has 94 valence electrons. The van der Waals surface area contributed by atoms with E-state index in [-0.39, 0.29) is 5.41 Å². The third kappa shape index (κ3) is 2.60. The molecule has 16 heavy (non-hydrogen) atoms. The van der Waals surface area contributed by atoms with Crippen molar-refractivity contribution < 1.29 is 5.11 Å². The lowest BCUT2D eigenvalue weighted by Crippen LogP contribution is -2.46. The third-order valence-electron chi connectivity index (χ3n) is 4.95. The fraction of sp³-hybridized carbons (Fsp3) is 1.00. The highest BCUT2D eigenvalue weighted by atomic mass is 16.3. The predicted octanol–water partition coefficient (Wildman–Crippen LogP) is 2.66. The molecule has 2 saturated carbocycles. The minimum absolute atomic E-state index is 0.219. The fourth-order valence-electron chi connectivity index (χ4n) is 3.23. The zero-order chi connectivity index (χ0) is 11.6. The van der Waals surface area contributed by atoms with Gasteiger partial charge in [-0.25, -0.2) is 0 Å². The molecular weight excluding hydrogens is 198 g/mol. The van der Waals surface area contributed by atoms with Gasteiger partial charge in [0.2, 0.25) is 0 Å². The second kappa shape index (κ2) is 5.05. The van der Waals surface area contributed by atoms with Crippen LogP contribution < -0.4 is 0 Å². The smallest absolute Gasteiger partial charge is 0.0499 e. The summed E-state index contributed by atoms with van der Waals surface area (Å²) in [5.41, 5.74) is 0.219. The monoisotopic (exact) mass is 225 g/mol. The highest BCUT2D eigenvalue weighted by Gasteiger charge is 2.36. The van der Waals surface area contributed by atoms with Gasteiger partial charge >= 0.3 is 0 Å². The maximum Gasteiger partial charge on any atom is 0.0499 e. The van der Waals surface area contributed by atoms with Gasteiger partial charge in [-0.3, -0.25) is 0 Å². The average molecular weight is 225 g/mol. The van der Waals surface area contributed by atoms with Crippen LogP contribution >= 0.6 is 0 Å². The minimum atomic E-state index is 0.219. The van der Waals surface area contributed by atoms with E-state index >= 15 is 0 Å². The molecule has 0 amide bonds. The highest BCUT2D eigenvalue weighted by Crippen LogP contribution is 2.40. The molecule has 0 spiro atoms. The van der Waals surface area contributed by atoms with Crippen molar-refractivity contribution in [1.29, 1.82) is 0 Å². The molecule has 0 bridgehead atoms. The van der Waals surface area contributed by atoms with Crippen molar-refractivity contribution in [1.82, 2.24) is 4.90 Å². The number of hydrogen-bond donors (Lipinski definition) is 1. The predicted molar refractivity (Wildman–Crippen MR) is 67.4 cm³/mol. The van der Waals surface area contributed by atoms with Crippen molar-refractivity contribution in [2.45, 2.75) is 57.9 Å². The summed E-state index contributed by atoms with van der Waals surface area (Å²) in [5, 5.41) is 9.72. The first-order valence-corrected chi connectivity index (χ1v) is 6.96. The lowest BCUT2D eigenvalue weighted by Gasteiger charge is -2.44. The van der Waals surface area contributed by atoms with Crippen molar-refractivity contribution in [3.8, 4) is 0 Å². The van der Waals surface area contributed by atoms with Crippen molar-refractivity contribution >= 4 is 0 Å². The van der Waals surface area contributed by atoms with Gasteiger partial charge < -0.3 is 10.0 Å². The zero-order valence-electron chi connectivity index (χ0n) is 10.9. The molecular formula is C14H27NO. The molecule has 0 aliphatic heterocycles. The lowest BCUT2D eigenvalue weighted by atomic mass is 9.70. The molecule has 0 unspecified atom stereocenters. The van der Waals surface area contributed by atoms with Crippen LogP contribution in [0.25, 0.3) is 0 Å². The van der Waals surface area contributed by atoms with Crippen LogP contribution in [-0.4, -0.2) is 36.2 Å². The molecule has 2 rings (SSSR count). The molecule has 2 fully saturated rings. The molecule has 0 aromatic heterocycles. The van der Waals surface area contributed by atoms with Crippen molar-refractivity contribution in [3.63, 3.8) is 0 Å². The van der Waals surface area contributed by atoms with Crippen LogP contribution in [0.3, 0.4) is 0 Å². The Morgan fingerprint density at radius 3 is 2.25 bits per heavy atom. The average Bonchev–Trinajstić information content (AvgIpc) is 2.19. The molecule has 0 aromatic carbocycles. The van der Waals surface area contributed by atoms with Crippen LogP contribution in [0, 0.1) is 11.3 Å². The van der Waals surface area contributed by atoms with Gasteiger partial charge in [0.25, 0.3) is 0 Å². The molecule has 0 heterocycles. The summed E-state index contributed by atoms with van der Waals surface area (Å²) >= 11 is 0. The van der Waals surface area contributed by atoms with E-state index in [0.29, 0.717) is 6.61 Å². The Hall–Kier alpha value is -0.0800. The number of hydrogen-bond acceptors (Lipinski definition) is 2. The van der Waals surface area contributed by atoms with Crippen LogP contribution in [-0.2, 0) is 0 Å². The molecule has 2 aliphatic rings. The topological polar surface area (TPSA) is 23.5 Å². The number of nitrogens with zero attached hydrogens (tertiary/aromatic N) is 1. The maximum absolute atomic E-state index is 9.72. The summed E-state index contributed by atoms with van der Waals surface area (Å²) in [6, 6.07) is 0.808. The van der Waals surface area contributed by atoms with E-state index in [1.54, 1.807) is 0 Å². The number of aliphatic hydroxyl groups is 1. The molecule has 2 aliphatic carbocycles. The molecule has 1 N–H and O–H groups in total. The van der Waals surface area contributed by atoms with Crippen molar-refractivity contribution in [3.05, 3.63) is 0 Å². The quantitative estimate of drug-likeness (QED) is 0.795. The summed E-state index contributed by atoms with van der Waals surface area (Å²) in [5.74, 6) is 0.869. The second-order valence-corrected chi connectivity index (χ2v) is 6.34. The van der Waals surface area contributed by atoms with E-state index in [1.165, 1.54) is 44.9 Å². The normalized spacial score (nSPS) is 36.4. The third-order valence-corrected chi connectivity index (χ3v) is 4.95. The Bertz CT molecular complexity index is 217. The number of aliphatic hydroxyl groups excluding tert-OH is 1. The summed E-state index contributed by atoms with van der Waals surface area (Å²) in [6.45, 7) is 3.84. The van der Waals surface area contributed by atoms with Crippen molar-refractivity contribution in [2.75, 3.05) is 20.2 Å². The Morgan fingerprint density at radius 2 is 1.81 bits per heavy atom. The summed E-state index contributed by atoms with van der Waals surface area (Å²) in [4.78, 5) is 2.51.